The number of carbonyl (C=O) groups excluding carboxylic acids is 1. The maximum absolute atomic E-state index is 12.5. The van der Waals surface area contributed by atoms with E-state index >= 15 is 0 Å². The molecule has 0 fully saturated rings. The van der Waals surface area contributed by atoms with Crippen LogP contribution in [0.2, 0.25) is 0 Å². The molecule has 128 valence electrons. The van der Waals surface area contributed by atoms with Crippen molar-refractivity contribution >= 4 is 22.9 Å². The Morgan fingerprint density at radius 1 is 1.04 bits per heavy atom. The Kier molecular flexibility index (Phi) is 5.15. The molecule has 2 aromatic carbocycles. The fourth-order valence-electron chi connectivity index (χ4n) is 2.14. The zero-order valence-corrected chi connectivity index (χ0v) is 14.5. The van der Waals surface area contributed by atoms with Gasteiger partial charge >= 0.3 is 0 Å². The highest BCUT2D eigenvalue weighted by Crippen LogP contribution is 2.29. The summed E-state index contributed by atoms with van der Waals surface area (Å²) in [5.41, 5.74) is 1.03. The first-order valence-corrected chi connectivity index (χ1v) is 8.28. The van der Waals surface area contributed by atoms with Crippen LogP contribution < -0.4 is 19.5 Å². The highest BCUT2D eigenvalue weighted by atomic mass is 32.1. The van der Waals surface area contributed by atoms with Crippen LogP contribution in [-0.2, 0) is 0 Å². The SMILES string of the molecule is COc1ccc(OC)c(NC(=O)c2ccc(Oc3nccs3)cc2)c1. The summed E-state index contributed by atoms with van der Waals surface area (Å²) >= 11 is 1.40. The number of aromatic nitrogens is 1. The second-order valence-corrected chi connectivity index (χ2v) is 5.80. The van der Waals surface area contributed by atoms with Gasteiger partial charge in [-0.3, -0.25) is 4.79 Å². The topological polar surface area (TPSA) is 69.7 Å². The van der Waals surface area contributed by atoms with E-state index in [-0.39, 0.29) is 5.91 Å². The van der Waals surface area contributed by atoms with Crippen molar-refractivity contribution in [3.63, 3.8) is 0 Å². The molecule has 0 saturated carbocycles. The van der Waals surface area contributed by atoms with Crippen LogP contribution in [0.1, 0.15) is 10.4 Å². The van der Waals surface area contributed by atoms with Gasteiger partial charge in [-0.25, -0.2) is 4.98 Å². The molecule has 0 aliphatic carbocycles. The van der Waals surface area contributed by atoms with Crippen molar-refractivity contribution in [2.24, 2.45) is 0 Å². The number of amides is 1. The van der Waals surface area contributed by atoms with E-state index in [9.17, 15) is 4.79 Å². The van der Waals surface area contributed by atoms with Crippen molar-refractivity contribution in [1.82, 2.24) is 4.98 Å². The van der Waals surface area contributed by atoms with E-state index < -0.39 is 0 Å². The largest absolute Gasteiger partial charge is 0.497 e. The van der Waals surface area contributed by atoms with Gasteiger partial charge in [0.05, 0.1) is 19.9 Å². The molecule has 0 atom stereocenters. The lowest BCUT2D eigenvalue weighted by molar-refractivity contribution is 0.102. The zero-order chi connectivity index (χ0) is 17.6. The number of nitrogens with one attached hydrogen (secondary N) is 1. The van der Waals surface area contributed by atoms with Gasteiger partial charge in [0.15, 0.2) is 0 Å². The van der Waals surface area contributed by atoms with E-state index in [1.54, 1.807) is 62.9 Å². The summed E-state index contributed by atoms with van der Waals surface area (Å²) in [6, 6.07) is 12.0. The third-order valence-electron chi connectivity index (χ3n) is 3.39. The molecule has 0 spiro atoms. The minimum Gasteiger partial charge on any atom is -0.497 e. The molecule has 0 aliphatic rings. The fraction of sp³-hybridized carbons (Fsp3) is 0.111. The molecule has 0 saturated heterocycles. The molecule has 1 heterocycles. The summed E-state index contributed by atoms with van der Waals surface area (Å²) in [7, 11) is 3.11. The first kappa shape index (κ1) is 16.8. The standard InChI is InChI=1S/C18H16N2O4S/c1-22-14-7-8-16(23-2)15(11-14)20-17(21)12-3-5-13(6-4-12)24-18-19-9-10-25-18/h3-11H,1-2H3,(H,20,21). The summed E-state index contributed by atoms with van der Waals surface area (Å²) in [6.45, 7) is 0. The number of ether oxygens (including phenoxy) is 3. The predicted octanol–water partition coefficient (Wildman–Crippen LogP) is 4.20. The molecule has 0 bridgehead atoms. The van der Waals surface area contributed by atoms with Crippen LogP contribution in [0.25, 0.3) is 0 Å². The Hall–Kier alpha value is -3.06. The molecular formula is C18H16N2O4S. The normalized spacial score (nSPS) is 10.2. The Labute approximate surface area is 149 Å². The molecule has 1 amide bonds. The first-order valence-electron chi connectivity index (χ1n) is 7.40. The molecule has 0 radical (unpaired) electrons. The van der Waals surface area contributed by atoms with Crippen LogP contribution in [0.3, 0.4) is 0 Å². The maximum Gasteiger partial charge on any atom is 0.278 e. The van der Waals surface area contributed by atoms with Crippen LogP contribution in [0.5, 0.6) is 22.4 Å². The molecule has 7 heteroatoms. The lowest BCUT2D eigenvalue weighted by atomic mass is 10.2. The Morgan fingerprint density at radius 2 is 1.80 bits per heavy atom. The van der Waals surface area contributed by atoms with E-state index in [0.717, 1.165) is 0 Å². The summed E-state index contributed by atoms with van der Waals surface area (Å²) in [6.07, 6.45) is 1.67. The average Bonchev–Trinajstić information content (AvgIpc) is 3.15. The van der Waals surface area contributed by atoms with E-state index in [2.05, 4.69) is 10.3 Å². The van der Waals surface area contributed by atoms with Gasteiger partial charge in [-0.1, -0.05) is 11.3 Å². The van der Waals surface area contributed by atoms with Gasteiger partial charge in [0.1, 0.15) is 17.2 Å². The fourth-order valence-corrected chi connectivity index (χ4v) is 2.65. The van der Waals surface area contributed by atoms with Crippen molar-refractivity contribution < 1.29 is 19.0 Å². The van der Waals surface area contributed by atoms with E-state index in [0.29, 0.717) is 33.7 Å². The molecule has 25 heavy (non-hydrogen) atoms. The van der Waals surface area contributed by atoms with Crippen molar-refractivity contribution in [2.75, 3.05) is 19.5 Å². The molecule has 1 aromatic heterocycles. The molecule has 6 nitrogen and oxygen atoms in total. The van der Waals surface area contributed by atoms with E-state index in [1.807, 2.05) is 5.38 Å². The number of nitrogens with zero attached hydrogens (tertiary/aromatic N) is 1. The smallest absolute Gasteiger partial charge is 0.278 e. The minimum absolute atomic E-state index is 0.257. The summed E-state index contributed by atoms with van der Waals surface area (Å²) < 4.78 is 16.0. The summed E-state index contributed by atoms with van der Waals surface area (Å²) in [4.78, 5) is 16.5. The van der Waals surface area contributed by atoms with Crippen molar-refractivity contribution in [1.29, 1.82) is 0 Å². The van der Waals surface area contributed by atoms with Gasteiger partial charge in [0, 0.05) is 23.2 Å². The van der Waals surface area contributed by atoms with Crippen molar-refractivity contribution in [3.8, 4) is 22.4 Å². The van der Waals surface area contributed by atoms with E-state index in [4.69, 9.17) is 14.2 Å². The Morgan fingerprint density at radius 3 is 2.44 bits per heavy atom. The molecule has 3 rings (SSSR count). The second kappa shape index (κ2) is 7.67. The number of hydrogen-bond acceptors (Lipinski definition) is 6. The number of thiazole rings is 1. The number of anilines is 1. The molecule has 0 unspecified atom stereocenters. The van der Waals surface area contributed by atoms with Gasteiger partial charge < -0.3 is 19.5 Å². The van der Waals surface area contributed by atoms with Crippen LogP contribution in [0.4, 0.5) is 5.69 Å². The minimum atomic E-state index is -0.257. The number of methoxy groups -OCH3 is 2. The third-order valence-corrected chi connectivity index (χ3v) is 4.03. The lowest BCUT2D eigenvalue weighted by Crippen LogP contribution is -2.12. The number of hydrogen-bond donors (Lipinski definition) is 1. The maximum atomic E-state index is 12.5. The molecule has 3 aromatic rings. The number of benzene rings is 2. The quantitative estimate of drug-likeness (QED) is 0.717. The van der Waals surface area contributed by atoms with E-state index in [1.165, 1.54) is 11.3 Å². The molecule has 0 aliphatic heterocycles. The highest BCUT2D eigenvalue weighted by Gasteiger charge is 2.11. The lowest BCUT2D eigenvalue weighted by Gasteiger charge is -2.12. The highest BCUT2D eigenvalue weighted by molar-refractivity contribution is 7.11. The van der Waals surface area contributed by atoms with Crippen molar-refractivity contribution in [3.05, 3.63) is 59.6 Å². The van der Waals surface area contributed by atoms with Gasteiger partial charge in [-0.05, 0) is 36.4 Å². The Bertz CT molecular complexity index is 848. The zero-order valence-electron chi connectivity index (χ0n) is 13.7. The summed E-state index contributed by atoms with van der Waals surface area (Å²) in [5.74, 6) is 1.54. The van der Waals surface area contributed by atoms with Gasteiger partial charge in [-0.15, -0.1) is 0 Å². The third kappa shape index (κ3) is 4.07. The van der Waals surface area contributed by atoms with Crippen LogP contribution in [0, 0.1) is 0 Å². The van der Waals surface area contributed by atoms with Crippen LogP contribution in [-0.4, -0.2) is 25.1 Å². The number of carbonyl (C=O) groups is 1. The van der Waals surface area contributed by atoms with Gasteiger partial charge in [0.25, 0.3) is 11.1 Å². The summed E-state index contributed by atoms with van der Waals surface area (Å²) in [5, 5.41) is 5.21. The van der Waals surface area contributed by atoms with Gasteiger partial charge in [0.2, 0.25) is 0 Å². The van der Waals surface area contributed by atoms with Crippen LogP contribution >= 0.6 is 11.3 Å². The average molecular weight is 356 g/mol. The van der Waals surface area contributed by atoms with Crippen LogP contribution in [0.15, 0.2) is 54.0 Å². The molecule has 1 N–H and O–H groups in total. The monoisotopic (exact) mass is 356 g/mol. The molecular weight excluding hydrogens is 340 g/mol. The first-order chi connectivity index (χ1) is 12.2. The number of rotatable bonds is 6. The Balaban J connectivity index is 1.73. The van der Waals surface area contributed by atoms with Gasteiger partial charge in [-0.2, -0.15) is 0 Å². The van der Waals surface area contributed by atoms with Crippen molar-refractivity contribution in [2.45, 2.75) is 0 Å². The second-order valence-electron chi connectivity index (χ2n) is 4.94. The predicted molar refractivity (Wildman–Crippen MR) is 96.1 cm³/mol.